The molecule has 6 heteroatoms. The van der Waals surface area contributed by atoms with E-state index in [1.54, 1.807) is 0 Å². The van der Waals surface area contributed by atoms with Crippen molar-refractivity contribution in [1.82, 2.24) is 0 Å². The van der Waals surface area contributed by atoms with Crippen LogP contribution in [0.1, 0.15) is 30.0 Å². The standard InChI is InChI=1S/C28H27O.BF4/c1-4-5-22-10-16-25(17-11-22)28-19-26(23-12-6-20(2)7-13-23)18-27(29-28)24-14-8-21(3)9-15-24;2-1(3,4)5/h6-19H,4-5H2,1-3H3;/q+1;-1. The molecule has 0 spiro atoms. The summed E-state index contributed by atoms with van der Waals surface area (Å²) in [4.78, 5) is 0. The summed E-state index contributed by atoms with van der Waals surface area (Å²) in [6.45, 7) is 6.43. The van der Waals surface area contributed by atoms with Crippen LogP contribution in [0.4, 0.5) is 17.3 Å². The lowest BCUT2D eigenvalue weighted by molar-refractivity contribution is 0.368. The lowest BCUT2D eigenvalue weighted by Crippen LogP contribution is -2.02. The second kappa shape index (κ2) is 11.1. The molecular weight excluding hydrogens is 439 g/mol. The zero-order chi connectivity index (χ0) is 24.7. The predicted molar refractivity (Wildman–Crippen MR) is 133 cm³/mol. The minimum Gasteiger partial charge on any atom is -0.418 e. The van der Waals surface area contributed by atoms with Crippen molar-refractivity contribution in [2.45, 2.75) is 33.6 Å². The molecule has 0 aliphatic rings. The summed E-state index contributed by atoms with van der Waals surface area (Å²) in [7, 11) is -6.00. The van der Waals surface area contributed by atoms with Crippen LogP contribution in [0.2, 0.25) is 0 Å². The highest BCUT2D eigenvalue weighted by atomic mass is 19.5. The molecule has 0 radical (unpaired) electrons. The van der Waals surface area contributed by atoms with Crippen LogP contribution >= 0.6 is 0 Å². The average Bonchev–Trinajstić information content (AvgIpc) is 2.79. The fourth-order valence-electron chi connectivity index (χ4n) is 3.54. The number of aryl methyl sites for hydroxylation is 3. The first-order chi connectivity index (χ1) is 16.1. The topological polar surface area (TPSA) is 11.3 Å². The van der Waals surface area contributed by atoms with Crippen molar-refractivity contribution in [1.29, 1.82) is 0 Å². The van der Waals surface area contributed by atoms with Gasteiger partial charge in [-0.05, 0) is 55.7 Å². The van der Waals surface area contributed by atoms with E-state index in [0.29, 0.717) is 0 Å². The predicted octanol–water partition coefficient (Wildman–Crippen LogP) is 9.43. The highest BCUT2D eigenvalue weighted by Crippen LogP contribution is 2.33. The highest BCUT2D eigenvalue weighted by molar-refractivity contribution is 6.50. The van der Waals surface area contributed by atoms with Gasteiger partial charge in [-0.15, -0.1) is 0 Å². The first kappa shape index (κ1) is 25.2. The van der Waals surface area contributed by atoms with Crippen LogP contribution in [0.5, 0.6) is 0 Å². The Balaban J connectivity index is 0.000000588. The molecule has 0 fully saturated rings. The smallest absolute Gasteiger partial charge is 0.418 e. The van der Waals surface area contributed by atoms with Crippen molar-refractivity contribution in [3.63, 3.8) is 0 Å². The van der Waals surface area contributed by atoms with Crippen molar-refractivity contribution >= 4 is 7.25 Å². The molecule has 0 unspecified atom stereocenters. The van der Waals surface area contributed by atoms with E-state index in [9.17, 15) is 17.3 Å². The summed E-state index contributed by atoms with van der Waals surface area (Å²) in [5.74, 6) is 1.78. The minimum absolute atomic E-state index is 0.885. The highest BCUT2D eigenvalue weighted by Gasteiger charge is 2.21. The van der Waals surface area contributed by atoms with Gasteiger partial charge in [0.15, 0.2) is 0 Å². The second-order valence-electron chi connectivity index (χ2n) is 8.25. The molecule has 0 amide bonds. The van der Waals surface area contributed by atoms with Gasteiger partial charge in [-0.2, -0.15) is 0 Å². The Morgan fingerprint density at radius 3 is 1.38 bits per heavy atom. The Labute approximate surface area is 198 Å². The van der Waals surface area contributed by atoms with E-state index >= 15 is 0 Å². The number of hydrogen-bond acceptors (Lipinski definition) is 0. The van der Waals surface area contributed by atoms with E-state index in [-0.39, 0.29) is 0 Å². The summed E-state index contributed by atoms with van der Waals surface area (Å²) in [6, 6.07) is 30.2. The first-order valence-electron chi connectivity index (χ1n) is 11.2. The monoisotopic (exact) mass is 466 g/mol. The van der Waals surface area contributed by atoms with Gasteiger partial charge in [0.25, 0.3) is 0 Å². The van der Waals surface area contributed by atoms with Gasteiger partial charge >= 0.3 is 18.8 Å². The van der Waals surface area contributed by atoms with Gasteiger partial charge in [0.2, 0.25) is 0 Å². The average molecular weight is 466 g/mol. The molecule has 34 heavy (non-hydrogen) atoms. The van der Waals surface area contributed by atoms with Crippen LogP contribution in [-0.4, -0.2) is 7.25 Å². The normalized spacial score (nSPS) is 11.0. The molecule has 0 N–H and O–H groups in total. The molecule has 3 aromatic carbocycles. The molecule has 0 bridgehead atoms. The van der Waals surface area contributed by atoms with Crippen LogP contribution in [0.25, 0.3) is 33.8 Å². The van der Waals surface area contributed by atoms with Crippen molar-refractivity contribution in [2.24, 2.45) is 0 Å². The SMILES string of the molecule is CCCc1ccc(-c2cc(-c3ccc(C)cc3)cc(-c3ccc(C)cc3)[o+]2)cc1.F[B-](F)(F)F. The van der Waals surface area contributed by atoms with Crippen molar-refractivity contribution in [3.8, 4) is 33.8 Å². The molecule has 4 rings (SSSR count). The lowest BCUT2D eigenvalue weighted by atomic mass is 10.00. The van der Waals surface area contributed by atoms with Gasteiger partial charge in [0.05, 0.1) is 23.3 Å². The Morgan fingerprint density at radius 1 is 0.588 bits per heavy atom. The van der Waals surface area contributed by atoms with Crippen molar-refractivity contribution in [2.75, 3.05) is 0 Å². The molecule has 1 aromatic heterocycles. The zero-order valence-corrected chi connectivity index (χ0v) is 19.5. The summed E-state index contributed by atoms with van der Waals surface area (Å²) in [5, 5.41) is 0. The van der Waals surface area contributed by atoms with Crippen LogP contribution < -0.4 is 0 Å². The third-order valence-electron chi connectivity index (χ3n) is 5.29. The summed E-state index contributed by atoms with van der Waals surface area (Å²) in [6.07, 6.45) is 2.26. The molecule has 1 nitrogen and oxygen atoms in total. The minimum atomic E-state index is -6.00. The summed E-state index contributed by atoms with van der Waals surface area (Å²) in [5.41, 5.74) is 8.43. The lowest BCUT2D eigenvalue weighted by Gasteiger charge is -2.04. The molecule has 0 saturated heterocycles. The molecule has 0 atom stereocenters. The molecule has 4 aromatic rings. The van der Waals surface area contributed by atoms with Gasteiger partial charge in [-0.25, -0.2) is 4.42 Å². The van der Waals surface area contributed by atoms with E-state index in [2.05, 4.69) is 106 Å². The number of hydrogen-bond donors (Lipinski definition) is 0. The quantitative estimate of drug-likeness (QED) is 0.162. The third kappa shape index (κ3) is 7.58. The van der Waals surface area contributed by atoms with Gasteiger partial charge in [0.1, 0.15) is 0 Å². The van der Waals surface area contributed by atoms with E-state index in [0.717, 1.165) is 35.5 Å². The van der Waals surface area contributed by atoms with Crippen LogP contribution in [0.3, 0.4) is 0 Å². The summed E-state index contributed by atoms with van der Waals surface area (Å²) < 4.78 is 45.4. The maximum atomic E-state index is 9.75. The zero-order valence-electron chi connectivity index (χ0n) is 19.5. The Bertz CT molecular complexity index is 1130. The molecule has 1 heterocycles. The maximum absolute atomic E-state index is 9.75. The molecule has 176 valence electrons. The maximum Gasteiger partial charge on any atom is 0.673 e. The van der Waals surface area contributed by atoms with E-state index < -0.39 is 7.25 Å². The Hall–Kier alpha value is -3.41. The number of benzene rings is 3. The van der Waals surface area contributed by atoms with Crippen molar-refractivity contribution in [3.05, 3.63) is 102 Å². The van der Waals surface area contributed by atoms with E-state index in [1.807, 2.05) is 0 Å². The van der Waals surface area contributed by atoms with Gasteiger partial charge in [0, 0.05) is 5.56 Å². The molecule has 0 saturated carbocycles. The van der Waals surface area contributed by atoms with Crippen LogP contribution in [0.15, 0.2) is 89.3 Å². The largest absolute Gasteiger partial charge is 0.673 e. The first-order valence-corrected chi connectivity index (χ1v) is 11.2. The Morgan fingerprint density at radius 2 is 0.971 bits per heavy atom. The fraction of sp³-hybridized carbons (Fsp3) is 0.179. The molecular formula is C28H27BF4O. The van der Waals surface area contributed by atoms with Gasteiger partial charge in [-0.3, -0.25) is 0 Å². The van der Waals surface area contributed by atoms with Crippen molar-refractivity contribution < 1.29 is 21.7 Å². The van der Waals surface area contributed by atoms with Crippen LogP contribution in [0, 0.1) is 13.8 Å². The van der Waals surface area contributed by atoms with Crippen LogP contribution in [-0.2, 0) is 6.42 Å². The number of rotatable bonds is 5. The van der Waals surface area contributed by atoms with Gasteiger partial charge < -0.3 is 17.3 Å². The third-order valence-corrected chi connectivity index (χ3v) is 5.29. The number of halogens is 4. The van der Waals surface area contributed by atoms with E-state index in [1.165, 1.54) is 27.8 Å². The second-order valence-corrected chi connectivity index (χ2v) is 8.25. The Kier molecular flexibility index (Phi) is 8.27. The van der Waals surface area contributed by atoms with E-state index in [4.69, 9.17) is 4.42 Å². The van der Waals surface area contributed by atoms with Gasteiger partial charge in [-0.1, -0.05) is 73.0 Å². The molecule has 0 aliphatic heterocycles. The molecule has 0 aliphatic carbocycles. The summed E-state index contributed by atoms with van der Waals surface area (Å²) >= 11 is 0. The fourth-order valence-corrected chi connectivity index (χ4v) is 3.54.